The molecule has 0 N–H and O–H groups in total. The average molecular weight is 150 g/mol. The first-order valence-electron chi connectivity index (χ1n) is 2.96. The number of rotatable bonds is 2. The van der Waals surface area contributed by atoms with E-state index in [1.54, 1.807) is 6.92 Å². The Kier molecular flexibility index (Phi) is 1.77. The third-order valence-corrected chi connectivity index (χ3v) is 3.61. The van der Waals surface area contributed by atoms with Gasteiger partial charge in [0.25, 0.3) is 0 Å². The summed E-state index contributed by atoms with van der Waals surface area (Å²) in [6.45, 7) is 2.46. The molecule has 0 aromatic rings. The van der Waals surface area contributed by atoms with Crippen molar-refractivity contribution >= 4 is 9.84 Å². The lowest BCUT2D eigenvalue weighted by Gasteiger charge is -2.24. The average Bonchev–Trinajstić information content (AvgIpc) is 1.60. The highest BCUT2D eigenvalue weighted by molar-refractivity contribution is 7.92. The van der Waals surface area contributed by atoms with Crippen molar-refractivity contribution in [2.75, 3.05) is 19.0 Å². The fourth-order valence-electron chi connectivity index (χ4n) is 0.657. The summed E-state index contributed by atoms with van der Waals surface area (Å²) in [5, 5.41) is -0.206. The van der Waals surface area contributed by atoms with E-state index in [4.69, 9.17) is 4.74 Å². The molecule has 1 aliphatic rings. The summed E-state index contributed by atoms with van der Waals surface area (Å²) >= 11 is 0. The van der Waals surface area contributed by atoms with Crippen LogP contribution >= 0.6 is 0 Å². The van der Waals surface area contributed by atoms with Gasteiger partial charge in [-0.05, 0) is 0 Å². The van der Waals surface area contributed by atoms with E-state index in [9.17, 15) is 8.42 Å². The molecule has 0 bridgehead atoms. The van der Waals surface area contributed by atoms with Gasteiger partial charge in [0, 0.05) is 5.75 Å². The highest BCUT2D eigenvalue weighted by Crippen LogP contribution is 2.11. The Bertz CT molecular complexity index is 178. The Labute approximate surface area is 54.9 Å². The van der Waals surface area contributed by atoms with Crippen molar-refractivity contribution in [2.45, 2.75) is 12.2 Å². The maximum Gasteiger partial charge on any atom is 0.157 e. The van der Waals surface area contributed by atoms with Crippen molar-refractivity contribution in [1.29, 1.82) is 0 Å². The first-order valence-corrected chi connectivity index (χ1v) is 4.67. The zero-order chi connectivity index (χ0) is 6.91. The predicted octanol–water partition coefficient (Wildman–Crippen LogP) is -0.180. The topological polar surface area (TPSA) is 43.4 Å². The molecule has 0 unspecified atom stereocenters. The minimum absolute atomic E-state index is 0.206. The van der Waals surface area contributed by atoms with Gasteiger partial charge in [-0.15, -0.1) is 0 Å². The van der Waals surface area contributed by atoms with Gasteiger partial charge in [0.05, 0.1) is 13.2 Å². The van der Waals surface area contributed by atoms with Gasteiger partial charge < -0.3 is 4.74 Å². The van der Waals surface area contributed by atoms with Gasteiger partial charge in [0.15, 0.2) is 9.84 Å². The first-order chi connectivity index (χ1) is 4.17. The van der Waals surface area contributed by atoms with E-state index in [0.717, 1.165) is 0 Å². The zero-order valence-corrected chi connectivity index (χ0v) is 6.15. The van der Waals surface area contributed by atoms with E-state index in [-0.39, 0.29) is 11.0 Å². The molecule has 1 heterocycles. The minimum atomic E-state index is -2.79. The predicted molar refractivity (Wildman–Crippen MR) is 34.1 cm³/mol. The van der Waals surface area contributed by atoms with Crippen molar-refractivity contribution in [1.82, 2.24) is 0 Å². The van der Waals surface area contributed by atoms with Gasteiger partial charge in [0.1, 0.15) is 5.25 Å². The molecule has 0 spiro atoms. The van der Waals surface area contributed by atoms with Crippen molar-refractivity contribution in [3.63, 3.8) is 0 Å². The molecular formula is C5H10O3S. The van der Waals surface area contributed by atoms with Crippen molar-refractivity contribution < 1.29 is 13.2 Å². The fraction of sp³-hybridized carbons (Fsp3) is 1.00. The molecule has 0 radical (unpaired) electrons. The van der Waals surface area contributed by atoms with E-state index in [2.05, 4.69) is 0 Å². The summed E-state index contributed by atoms with van der Waals surface area (Å²) in [6, 6.07) is 0. The van der Waals surface area contributed by atoms with Crippen molar-refractivity contribution in [3.05, 3.63) is 0 Å². The third kappa shape index (κ3) is 1.24. The van der Waals surface area contributed by atoms with Crippen LogP contribution in [0.3, 0.4) is 0 Å². The normalized spacial score (nSPS) is 21.4. The summed E-state index contributed by atoms with van der Waals surface area (Å²) in [6.07, 6.45) is 0. The number of hydrogen-bond acceptors (Lipinski definition) is 3. The molecular weight excluding hydrogens is 140 g/mol. The van der Waals surface area contributed by atoms with Crippen LogP contribution < -0.4 is 0 Å². The summed E-state index contributed by atoms with van der Waals surface area (Å²) in [5.41, 5.74) is 0. The van der Waals surface area contributed by atoms with E-state index in [1.165, 1.54) is 0 Å². The lowest BCUT2D eigenvalue weighted by atomic mass is 10.4. The van der Waals surface area contributed by atoms with E-state index >= 15 is 0 Å². The highest BCUT2D eigenvalue weighted by atomic mass is 32.2. The molecule has 0 atom stereocenters. The van der Waals surface area contributed by atoms with Crippen molar-refractivity contribution in [3.8, 4) is 0 Å². The van der Waals surface area contributed by atoms with Gasteiger partial charge in [-0.2, -0.15) is 0 Å². The van der Waals surface area contributed by atoms with Crippen LogP contribution in [0.2, 0.25) is 0 Å². The van der Waals surface area contributed by atoms with Crippen LogP contribution in [0.4, 0.5) is 0 Å². The zero-order valence-electron chi connectivity index (χ0n) is 5.33. The molecule has 0 saturated carbocycles. The largest absolute Gasteiger partial charge is 0.379 e. The summed E-state index contributed by atoms with van der Waals surface area (Å²) in [5.74, 6) is 0.237. The van der Waals surface area contributed by atoms with E-state index < -0.39 is 9.84 Å². The van der Waals surface area contributed by atoms with Crippen LogP contribution in [0, 0.1) is 0 Å². The molecule has 0 amide bonds. The second-order valence-corrected chi connectivity index (χ2v) is 4.68. The smallest absolute Gasteiger partial charge is 0.157 e. The van der Waals surface area contributed by atoms with Gasteiger partial charge in [-0.25, -0.2) is 8.42 Å². The summed E-state index contributed by atoms with van der Waals surface area (Å²) < 4.78 is 26.5. The summed E-state index contributed by atoms with van der Waals surface area (Å²) in [4.78, 5) is 0. The molecule has 9 heavy (non-hydrogen) atoms. The molecule has 0 aromatic heterocycles. The molecule has 1 aliphatic heterocycles. The molecule has 1 rings (SSSR count). The van der Waals surface area contributed by atoms with Gasteiger partial charge >= 0.3 is 0 Å². The lowest BCUT2D eigenvalue weighted by Crippen LogP contribution is -2.41. The van der Waals surface area contributed by atoms with Gasteiger partial charge in [-0.1, -0.05) is 6.92 Å². The summed E-state index contributed by atoms with van der Waals surface area (Å²) in [7, 11) is -2.79. The number of ether oxygens (including phenoxy) is 1. The Morgan fingerprint density at radius 3 is 2.22 bits per heavy atom. The number of hydrogen-bond donors (Lipinski definition) is 0. The monoisotopic (exact) mass is 150 g/mol. The molecule has 3 nitrogen and oxygen atoms in total. The SMILES string of the molecule is CCS(=O)(=O)C1COC1. The van der Waals surface area contributed by atoms with Gasteiger partial charge in [-0.3, -0.25) is 0 Å². The van der Waals surface area contributed by atoms with E-state index in [0.29, 0.717) is 13.2 Å². The van der Waals surface area contributed by atoms with Crippen LogP contribution in [0.5, 0.6) is 0 Å². The molecule has 0 aliphatic carbocycles. The molecule has 1 saturated heterocycles. The van der Waals surface area contributed by atoms with Crippen LogP contribution in [0.1, 0.15) is 6.92 Å². The lowest BCUT2D eigenvalue weighted by molar-refractivity contribution is 0.0416. The molecule has 54 valence electrons. The molecule has 1 fully saturated rings. The Balaban J connectivity index is 2.59. The number of sulfone groups is 1. The molecule has 4 heteroatoms. The van der Waals surface area contributed by atoms with Crippen LogP contribution in [-0.2, 0) is 14.6 Å². The standard InChI is InChI=1S/C5H10O3S/c1-2-9(6,7)5-3-8-4-5/h5H,2-4H2,1H3. The van der Waals surface area contributed by atoms with Gasteiger partial charge in [0.2, 0.25) is 0 Å². The van der Waals surface area contributed by atoms with Crippen LogP contribution in [0.15, 0.2) is 0 Å². The first kappa shape index (κ1) is 7.02. The second-order valence-electron chi connectivity index (χ2n) is 2.11. The maximum absolute atomic E-state index is 10.9. The maximum atomic E-state index is 10.9. The third-order valence-electron chi connectivity index (χ3n) is 1.52. The highest BCUT2D eigenvalue weighted by Gasteiger charge is 2.30. The minimum Gasteiger partial charge on any atom is -0.379 e. The fourth-order valence-corrected chi connectivity index (χ4v) is 1.74. The Hall–Kier alpha value is -0.0900. The Morgan fingerprint density at radius 2 is 2.11 bits per heavy atom. The Morgan fingerprint density at radius 1 is 1.56 bits per heavy atom. The second kappa shape index (κ2) is 2.27. The van der Waals surface area contributed by atoms with Crippen LogP contribution in [0.25, 0.3) is 0 Å². The van der Waals surface area contributed by atoms with Crippen LogP contribution in [-0.4, -0.2) is 32.6 Å². The quantitative estimate of drug-likeness (QED) is 0.548. The van der Waals surface area contributed by atoms with E-state index in [1.807, 2.05) is 0 Å². The van der Waals surface area contributed by atoms with Crippen molar-refractivity contribution in [2.24, 2.45) is 0 Å². The molecule has 0 aromatic carbocycles.